The first-order valence-electron chi connectivity index (χ1n) is 43.1. The summed E-state index contributed by atoms with van der Waals surface area (Å²) in [5.74, 6) is -1.22. The summed E-state index contributed by atoms with van der Waals surface area (Å²) >= 11 is 0. The van der Waals surface area contributed by atoms with Crippen molar-refractivity contribution in [2.24, 2.45) is 0 Å². The second-order valence-corrected chi connectivity index (χ2v) is 29.8. The van der Waals surface area contributed by atoms with E-state index in [0.717, 1.165) is 77.0 Å². The Bertz CT molecular complexity index is 1540. The van der Waals surface area contributed by atoms with Crippen molar-refractivity contribution in [1.82, 2.24) is 0 Å². The van der Waals surface area contributed by atoms with Crippen molar-refractivity contribution in [3.05, 3.63) is 0 Å². The molecule has 9 nitrogen and oxygen atoms in total. The van der Waals surface area contributed by atoms with E-state index in [9.17, 15) is 19.2 Å². The minimum absolute atomic E-state index is 0.0303. The van der Waals surface area contributed by atoms with Crippen LogP contribution < -0.4 is 0 Å². The van der Waals surface area contributed by atoms with Crippen LogP contribution in [-0.4, -0.2) is 62.5 Å². The van der Waals surface area contributed by atoms with Crippen LogP contribution in [0.15, 0.2) is 0 Å². The Morgan fingerprint density at radius 3 is 0.474 bits per heavy atom. The molecule has 0 aliphatic rings. The molecule has 0 aliphatic heterocycles. The summed E-state index contributed by atoms with van der Waals surface area (Å²) in [6, 6.07) is 0. The van der Waals surface area contributed by atoms with E-state index in [1.165, 1.54) is 360 Å². The van der Waals surface area contributed by atoms with Gasteiger partial charge in [-0.25, -0.2) is 0 Å². The third-order valence-electron chi connectivity index (χ3n) is 20.0. The maximum Gasteiger partial charge on any atom is 0.306 e. The molecule has 9 heteroatoms. The zero-order chi connectivity index (χ0) is 68.7. The van der Waals surface area contributed by atoms with Gasteiger partial charge in [-0.15, -0.1) is 0 Å². The molecule has 0 spiro atoms. The first-order valence-corrected chi connectivity index (χ1v) is 43.1. The van der Waals surface area contributed by atoms with Crippen LogP contribution in [0.25, 0.3) is 0 Å². The number of carbonyl (C=O) groups is 4. The average Bonchev–Trinajstić information content (AvgIpc) is 2.21. The SMILES string of the molecule is CCCCCCCCCCCCCCCCCCCCCCCC(=O)OCC(COCC(COC(=O)CCCCCCCCCCCCCCC)OC(=O)CCCCCCCCCCCCCCC)OC(=O)CCCCCCCCCCCCCCCCCCCCCCC. The van der Waals surface area contributed by atoms with E-state index in [4.69, 9.17) is 23.7 Å². The van der Waals surface area contributed by atoms with Gasteiger partial charge in [-0.2, -0.15) is 0 Å². The van der Waals surface area contributed by atoms with Crippen molar-refractivity contribution in [2.75, 3.05) is 26.4 Å². The Morgan fingerprint density at radius 2 is 0.316 bits per heavy atom. The predicted molar refractivity (Wildman–Crippen MR) is 408 cm³/mol. The Kier molecular flexibility index (Phi) is 79.0. The van der Waals surface area contributed by atoms with E-state index in [-0.39, 0.29) is 50.3 Å². The van der Waals surface area contributed by atoms with Gasteiger partial charge in [-0.3, -0.25) is 19.2 Å². The zero-order valence-corrected chi connectivity index (χ0v) is 64.6. The smallest absolute Gasteiger partial charge is 0.306 e. The lowest BCUT2D eigenvalue weighted by Crippen LogP contribution is -2.34. The Balaban J connectivity index is 5.12. The number of unbranched alkanes of at least 4 members (excludes halogenated alkanes) is 64. The van der Waals surface area contributed by atoms with Gasteiger partial charge in [-0.05, 0) is 25.7 Å². The molecule has 564 valence electrons. The van der Waals surface area contributed by atoms with Crippen LogP contribution in [-0.2, 0) is 42.9 Å². The largest absolute Gasteiger partial charge is 0.462 e. The molecule has 0 heterocycles. The number of carbonyl (C=O) groups excluding carboxylic acids is 4. The second-order valence-electron chi connectivity index (χ2n) is 29.8. The quantitative estimate of drug-likeness (QED) is 0.0334. The molecule has 0 amide bonds. The summed E-state index contributed by atoms with van der Waals surface area (Å²) in [5.41, 5.74) is 0. The lowest BCUT2D eigenvalue weighted by molar-refractivity contribution is -0.169. The van der Waals surface area contributed by atoms with Crippen molar-refractivity contribution in [1.29, 1.82) is 0 Å². The molecule has 2 unspecified atom stereocenters. The molecule has 0 aromatic heterocycles. The number of hydrogen-bond acceptors (Lipinski definition) is 9. The highest BCUT2D eigenvalue weighted by Gasteiger charge is 2.22. The molecular formula is C86H166O9. The van der Waals surface area contributed by atoms with E-state index >= 15 is 0 Å². The topological polar surface area (TPSA) is 114 Å². The molecule has 0 aromatic carbocycles. The third-order valence-corrected chi connectivity index (χ3v) is 20.0. The van der Waals surface area contributed by atoms with Gasteiger partial charge in [-0.1, -0.05) is 439 Å². The van der Waals surface area contributed by atoms with Crippen LogP contribution in [0, 0.1) is 0 Å². The van der Waals surface area contributed by atoms with Gasteiger partial charge in [0.2, 0.25) is 0 Å². The fraction of sp³-hybridized carbons (Fsp3) is 0.953. The van der Waals surface area contributed by atoms with Crippen molar-refractivity contribution >= 4 is 23.9 Å². The van der Waals surface area contributed by atoms with Crippen molar-refractivity contribution in [2.45, 2.75) is 502 Å². The van der Waals surface area contributed by atoms with Gasteiger partial charge in [0.15, 0.2) is 12.2 Å². The second kappa shape index (κ2) is 80.8. The first-order chi connectivity index (χ1) is 46.9. The van der Waals surface area contributed by atoms with Gasteiger partial charge in [0.05, 0.1) is 13.2 Å². The molecule has 0 saturated carbocycles. The van der Waals surface area contributed by atoms with Gasteiger partial charge in [0, 0.05) is 25.7 Å². The van der Waals surface area contributed by atoms with Crippen LogP contribution in [0.4, 0.5) is 0 Å². The monoisotopic (exact) mass is 1340 g/mol. The van der Waals surface area contributed by atoms with Crippen LogP contribution in [0.2, 0.25) is 0 Å². The molecule has 0 aliphatic carbocycles. The molecule has 0 bridgehead atoms. The summed E-state index contributed by atoms with van der Waals surface area (Å²) in [6.45, 7) is 8.87. The lowest BCUT2D eigenvalue weighted by atomic mass is 10.0. The minimum Gasteiger partial charge on any atom is -0.462 e. The molecule has 0 fully saturated rings. The van der Waals surface area contributed by atoms with Crippen molar-refractivity contribution in [3.63, 3.8) is 0 Å². The standard InChI is InChI=1S/C86H166O9/c1-5-9-13-17-21-25-29-33-35-37-39-41-43-45-47-51-54-58-62-66-70-74-84(88)93-80-82(95-86(90)76-72-68-64-60-56-52-48-46-44-42-40-38-36-34-30-26-22-18-14-10-6-2)78-91-77-81(94-85(89)75-71-67-63-59-55-50-32-28-24-20-16-12-8-4)79-92-83(87)73-69-65-61-57-53-49-31-27-23-19-15-11-7-3/h81-82H,5-80H2,1-4H3. The minimum atomic E-state index is -0.804. The van der Waals surface area contributed by atoms with Gasteiger partial charge in [0.1, 0.15) is 13.2 Å². The summed E-state index contributed by atoms with van der Waals surface area (Å²) in [6.07, 6.45) is 86.9. The van der Waals surface area contributed by atoms with Crippen LogP contribution in [0.3, 0.4) is 0 Å². The highest BCUT2D eigenvalue weighted by atomic mass is 16.6. The van der Waals surface area contributed by atoms with Crippen LogP contribution in [0.1, 0.15) is 490 Å². The molecule has 0 radical (unpaired) electrons. The predicted octanol–water partition coefficient (Wildman–Crippen LogP) is 28.1. The third kappa shape index (κ3) is 77.4. The Labute approximate surface area is 592 Å². The summed E-state index contributed by atoms with van der Waals surface area (Å²) in [5, 5.41) is 0. The molecule has 0 N–H and O–H groups in total. The van der Waals surface area contributed by atoms with Gasteiger partial charge in [0.25, 0.3) is 0 Å². The van der Waals surface area contributed by atoms with Crippen molar-refractivity contribution in [3.8, 4) is 0 Å². The summed E-state index contributed by atoms with van der Waals surface area (Å²) in [7, 11) is 0. The Hall–Kier alpha value is -2.16. The highest BCUT2D eigenvalue weighted by molar-refractivity contribution is 5.71. The van der Waals surface area contributed by atoms with Gasteiger partial charge >= 0.3 is 23.9 Å². The molecule has 0 saturated heterocycles. The summed E-state index contributed by atoms with van der Waals surface area (Å²) < 4.78 is 29.6. The maximum atomic E-state index is 13.3. The molecule has 2 atom stereocenters. The first kappa shape index (κ1) is 92.8. The van der Waals surface area contributed by atoms with E-state index in [1.807, 2.05) is 0 Å². The molecule has 0 rings (SSSR count). The number of rotatable bonds is 82. The number of esters is 4. The van der Waals surface area contributed by atoms with E-state index in [0.29, 0.717) is 25.7 Å². The highest BCUT2D eigenvalue weighted by Crippen LogP contribution is 2.21. The normalized spacial score (nSPS) is 12.2. The lowest BCUT2D eigenvalue weighted by Gasteiger charge is -2.21. The van der Waals surface area contributed by atoms with E-state index in [2.05, 4.69) is 27.7 Å². The average molecular weight is 1340 g/mol. The fourth-order valence-electron chi connectivity index (χ4n) is 13.5. The summed E-state index contributed by atoms with van der Waals surface area (Å²) in [4.78, 5) is 52.8. The van der Waals surface area contributed by atoms with E-state index < -0.39 is 12.2 Å². The molecule has 95 heavy (non-hydrogen) atoms. The zero-order valence-electron chi connectivity index (χ0n) is 64.6. The van der Waals surface area contributed by atoms with E-state index in [1.54, 1.807) is 0 Å². The molecular weight excluding hydrogens is 1180 g/mol. The Morgan fingerprint density at radius 1 is 0.179 bits per heavy atom. The van der Waals surface area contributed by atoms with Crippen LogP contribution >= 0.6 is 0 Å². The van der Waals surface area contributed by atoms with Gasteiger partial charge < -0.3 is 23.7 Å². The van der Waals surface area contributed by atoms with Crippen molar-refractivity contribution < 1.29 is 42.9 Å². The van der Waals surface area contributed by atoms with Crippen LogP contribution in [0.5, 0.6) is 0 Å². The number of ether oxygens (including phenoxy) is 5. The molecule has 0 aromatic rings. The fourth-order valence-corrected chi connectivity index (χ4v) is 13.5. The maximum absolute atomic E-state index is 13.3. The number of hydrogen-bond donors (Lipinski definition) is 0.